The predicted octanol–water partition coefficient (Wildman–Crippen LogP) is 0.463. The van der Waals surface area contributed by atoms with Crippen molar-refractivity contribution in [3.05, 3.63) is 0 Å². The van der Waals surface area contributed by atoms with Gasteiger partial charge in [0.2, 0.25) is 5.91 Å². The molecular formula is C12H24N2O2. The van der Waals surface area contributed by atoms with Gasteiger partial charge in [0.25, 0.3) is 0 Å². The second-order valence-electron chi connectivity index (χ2n) is 4.74. The summed E-state index contributed by atoms with van der Waals surface area (Å²) in [5, 5.41) is 12.2. The molecule has 0 aromatic heterocycles. The third-order valence-electron chi connectivity index (χ3n) is 3.09. The topological polar surface area (TPSA) is 52.6 Å². The van der Waals surface area contributed by atoms with Crippen LogP contribution >= 0.6 is 0 Å². The molecule has 1 amide bonds. The van der Waals surface area contributed by atoms with E-state index in [4.69, 9.17) is 5.11 Å². The van der Waals surface area contributed by atoms with Gasteiger partial charge < -0.3 is 15.3 Å². The first kappa shape index (κ1) is 13.5. The quantitative estimate of drug-likeness (QED) is 0.719. The number of carbonyl (C=O) groups is 1. The highest BCUT2D eigenvalue weighted by atomic mass is 16.3. The Balaban J connectivity index is 2.51. The average molecular weight is 228 g/mol. The molecule has 1 fully saturated rings. The van der Waals surface area contributed by atoms with Gasteiger partial charge >= 0.3 is 0 Å². The molecule has 2 unspecified atom stereocenters. The molecule has 4 heteroatoms. The van der Waals surface area contributed by atoms with Crippen LogP contribution in [0.3, 0.4) is 0 Å². The smallest absolute Gasteiger partial charge is 0.227 e. The molecule has 0 aromatic rings. The van der Waals surface area contributed by atoms with Crippen molar-refractivity contribution in [2.24, 2.45) is 11.8 Å². The summed E-state index contributed by atoms with van der Waals surface area (Å²) < 4.78 is 0. The van der Waals surface area contributed by atoms with E-state index in [9.17, 15) is 4.79 Å². The first-order valence-electron chi connectivity index (χ1n) is 6.29. The van der Waals surface area contributed by atoms with Crippen LogP contribution in [-0.4, -0.2) is 48.7 Å². The number of carbonyl (C=O) groups excluding carboxylic acids is 1. The molecule has 2 N–H and O–H groups in total. The summed E-state index contributed by atoms with van der Waals surface area (Å²) in [6.45, 7) is 7.30. The lowest BCUT2D eigenvalue weighted by molar-refractivity contribution is -0.137. The number of nitrogens with zero attached hydrogens (tertiary/aromatic N) is 1. The predicted molar refractivity (Wildman–Crippen MR) is 64.1 cm³/mol. The second kappa shape index (κ2) is 6.86. The van der Waals surface area contributed by atoms with Crippen LogP contribution in [0.5, 0.6) is 0 Å². The molecule has 16 heavy (non-hydrogen) atoms. The fraction of sp³-hybridized carbons (Fsp3) is 0.917. The standard InChI is InChI=1S/C12H24N2O2/c1-3-4-14(5-6-15)12(16)11-7-10(2)8-13-9-11/h10-11,13,15H,3-9H2,1-2H3. The van der Waals surface area contributed by atoms with Gasteiger partial charge in [-0.25, -0.2) is 0 Å². The Hall–Kier alpha value is -0.610. The van der Waals surface area contributed by atoms with Gasteiger partial charge in [-0.15, -0.1) is 0 Å². The van der Waals surface area contributed by atoms with Gasteiger partial charge in [0.05, 0.1) is 12.5 Å². The largest absolute Gasteiger partial charge is 0.395 e. The van der Waals surface area contributed by atoms with Crippen LogP contribution in [0.15, 0.2) is 0 Å². The number of rotatable bonds is 5. The van der Waals surface area contributed by atoms with Crippen molar-refractivity contribution < 1.29 is 9.90 Å². The van der Waals surface area contributed by atoms with Crippen LogP contribution in [0.2, 0.25) is 0 Å². The third kappa shape index (κ3) is 3.76. The summed E-state index contributed by atoms with van der Waals surface area (Å²) in [6, 6.07) is 0. The number of hydrogen-bond acceptors (Lipinski definition) is 3. The molecule has 1 aliphatic heterocycles. The van der Waals surface area contributed by atoms with Crippen molar-refractivity contribution >= 4 is 5.91 Å². The normalized spacial score (nSPS) is 25.4. The SMILES string of the molecule is CCCN(CCO)C(=O)C1CNCC(C)C1. The van der Waals surface area contributed by atoms with Gasteiger partial charge in [-0.05, 0) is 25.3 Å². The van der Waals surface area contributed by atoms with Crippen LogP contribution in [0.4, 0.5) is 0 Å². The van der Waals surface area contributed by atoms with E-state index >= 15 is 0 Å². The molecule has 1 saturated heterocycles. The summed E-state index contributed by atoms with van der Waals surface area (Å²) in [6.07, 6.45) is 1.92. The molecule has 2 atom stereocenters. The zero-order valence-electron chi connectivity index (χ0n) is 10.4. The van der Waals surface area contributed by atoms with Crippen molar-refractivity contribution in [2.45, 2.75) is 26.7 Å². The maximum absolute atomic E-state index is 12.2. The Labute approximate surface area is 98.0 Å². The molecule has 0 aliphatic carbocycles. The van der Waals surface area contributed by atoms with E-state index < -0.39 is 0 Å². The molecule has 0 bridgehead atoms. The molecule has 0 radical (unpaired) electrons. The monoisotopic (exact) mass is 228 g/mol. The molecule has 0 spiro atoms. The minimum Gasteiger partial charge on any atom is -0.395 e. The van der Waals surface area contributed by atoms with E-state index in [1.54, 1.807) is 4.90 Å². The Bertz CT molecular complexity index is 208. The summed E-state index contributed by atoms with van der Waals surface area (Å²) in [5.41, 5.74) is 0. The zero-order valence-corrected chi connectivity index (χ0v) is 10.4. The average Bonchev–Trinajstić information content (AvgIpc) is 2.28. The summed E-state index contributed by atoms with van der Waals surface area (Å²) in [5.74, 6) is 0.872. The Morgan fingerprint density at radius 3 is 2.75 bits per heavy atom. The second-order valence-corrected chi connectivity index (χ2v) is 4.74. The molecule has 4 nitrogen and oxygen atoms in total. The van der Waals surface area contributed by atoms with Crippen LogP contribution < -0.4 is 5.32 Å². The van der Waals surface area contributed by atoms with Crippen LogP contribution in [0.25, 0.3) is 0 Å². The van der Waals surface area contributed by atoms with Crippen LogP contribution in [0.1, 0.15) is 26.7 Å². The lowest BCUT2D eigenvalue weighted by Crippen LogP contribution is -2.46. The highest BCUT2D eigenvalue weighted by Gasteiger charge is 2.27. The van der Waals surface area contributed by atoms with Gasteiger partial charge in [-0.2, -0.15) is 0 Å². The molecule has 0 aromatic carbocycles. The van der Waals surface area contributed by atoms with Crippen molar-refractivity contribution in [2.75, 3.05) is 32.8 Å². The number of hydrogen-bond donors (Lipinski definition) is 2. The van der Waals surface area contributed by atoms with Crippen molar-refractivity contribution in [3.8, 4) is 0 Å². The molecule has 94 valence electrons. The van der Waals surface area contributed by atoms with E-state index in [2.05, 4.69) is 19.2 Å². The Kier molecular flexibility index (Phi) is 5.77. The number of amides is 1. The highest BCUT2D eigenvalue weighted by Crippen LogP contribution is 2.18. The zero-order chi connectivity index (χ0) is 12.0. The summed E-state index contributed by atoms with van der Waals surface area (Å²) >= 11 is 0. The lowest BCUT2D eigenvalue weighted by atomic mass is 9.91. The van der Waals surface area contributed by atoms with Crippen molar-refractivity contribution in [3.63, 3.8) is 0 Å². The summed E-state index contributed by atoms with van der Waals surface area (Å²) in [4.78, 5) is 14.0. The number of nitrogens with one attached hydrogen (secondary N) is 1. The molecule has 0 saturated carbocycles. The van der Waals surface area contributed by atoms with Crippen molar-refractivity contribution in [1.82, 2.24) is 10.2 Å². The minimum absolute atomic E-state index is 0.0570. The molecule has 1 heterocycles. The third-order valence-corrected chi connectivity index (χ3v) is 3.09. The first-order valence-corrected chi connectivity index (χ1v) is 6.29. The van der Waals surface area contributed by atoms with Gasteiger partial charge in [0, 0.05) is 19.6 Å². The van der Waals surface area contributed by atoms with E-state index in [0.717, 1.165) is 32.5 Å². The molecule has 1 aliphatic rings. The van der Waals surface area contributed by atoms with E-state index in [1.165, 1.54) is 0 Å². The number of aliphatic hydroxyl groups excluding tert-OH is 1. The Morgan fingerprint density at radius 2 is 2.19 bits per heavy atom. The fourth-order valence-corrected chi connectivity index (χ4v) is 2.33. The lowest BCUT2D eigenvalue weighted by Gasteiger charge is -2.31. The van der Waals surface area contributed by atoms with E-state index in [1.807, 2.05) is 0 Å². The van der Waals surface area contributed by atoms with Gasteiger partial charge in [-0.1, -0.05) is 13.8 Å². The molecular weight excluding hydrogens is 204 g/mol. The Morgan fingerprint density at radius 1 is 1.44 bits per heavy atom. The van der Waals surface area contributed by atoms with Gasteiger partial charge in [0.1, 0.15) is 0 Å². The van der Waals surface area contributed by atoms with Crippen LogP contribution in [0, 0.1) is 11.8 Å². The number of aliphatic hydroxyl groups is 1. The fourth-order valence-electron chi connectivity index (χ4n) is 2.33. The number of piperidine rings is 1. The maximum Gasteiger partial charge on any atom is 0.227 e. The van der Waals surface area contributed by atoms with Crippen LogP contribution in [-0.2, 0) is 4.79 Å². The van der Waals surface area contributed by atoms with Crippen molar-refractivity contribution in [1.29, 1.82) is 0 Å². The summed E-state index contributed by atoms with van der Waals surface area (Å²) in [7, 11) is 0. The maximum atomic E-state index is 12.2. The van der Waals surface area contributed by atoms with E-state index in [-0.39, 0.29) is 18.4 Å². The minimum atomic E-state index is 0.0570. The molecule has 1 rings (SSSR count). The first-order chi connectivity index (χ1) is 7.69. The highest BCUT2D eigenvalue weighted by molar-refractivity contribution is 5.79. The van der Waals surface area contributed by atoms with E-state index in [0.29, 0.717) is 12.5 Å². The van der Waals surface area contributed by atoms with Gasteiger partial charge in [0.15, 0.2) is 0 Å². The van der Waals surface area contributed by atoms with Gasteiger partial charge in [-0.3, -0.25) is 4.79 Å².